The Hall–Kier alpha value is -2.09. The van der Waals surface area contributed by atoms with Crippen molar-refractivity contribution in [3.05, 3.63) is 86.0 Å². The fourth-order valence-electron chi connectivity index (χ4n) is 1.25. The third-order valence-corrected chi connectivity index (χ3v) is 1.96. The van der Waals surface area contributed by atoms with E-state index in [1.807, 2.05) is 42.5 Å². The van der Waals surface area contributed by atoms with Crippen LogP contribution in [0, 0.1) is 20.0 Å². The Balaban J connectivity index is -0.000000414. The van der Waals surface area contributed by atoms with Gasteiger partial charge in [-0.15, -0.1) is 0 Å². The summed E-state index contributed by atoms with van der Waals surface area (Å²) < 4.78 is 22.5. The fraction of sp³-hybridized carbons (Fsp3) is 0. The summed E-state index contributed by atoms with van der Waals surface area (Å²) in [6.07, 6.45) is 7.27. The molecule has 0 fully saturated rings. The van der Waals surface area contributed by atoms with Gasteiger partial charge in [-0.3, -0.25) is 0 Å². The zero-order valence-corrected chi connectivity index (χ0v) is 12.6. The number of nitrogens with one attached hydrogen (secondary N) is 1. The first kappa shape index (κ1) is 24.0. The van der Waals surface area contributed by atoms with Crippen molar-refractivity contribution in [1.29, 1.82) is 0 Å². The molecule has 107 valence electrons. The number of hydrogen-bond donors (Lipinski definition) is 1. The van der Waals surface area contributed by atoms with E-state index in [1.54, 1.807) is 12.2 Å². The Labute approximate surface area is 136 Å². The van der Waals surface area contributed by atoms with Crippen molar-refractivity contribution in [3.8, 4) is 0 Å². The van der Waals surface area contributed by atoms with Crippen LogP contribution in [-0.2, 0) is 34.1 Å². The van der Waals surface area contributed by atoms with Crippen LogP contribution in [-0.4, -0.2) is 0 Å². The second-order valence-electron chi connectivity index (χ2n) is 2.99. The van der Waals surface area contributed by atoms with Crippen LogP contribution < -0.4 is 10.4 Å². The summed E-state index contributed by atoms with van der Waals surface area (Å²) >= 11 is 0. The maximum absolute atomic E-state index is 11.6. The number of para-hydroxylation sites is 1. The molecule has 0 bridgehead atoms. The first-order valence-electron chi connectivity index (χ1n) is 5.05. The minimum absolute atomic E-state index is 0. The predicted octanol–water partition coefficient (Wildman–Crippen LogP) is 1.68. The molecule has 0 aliphatic heterocycles. The van der Waals surface area contributed by atoms with Crippen LogP contribution in [0.15, 0.2) is 66.1 Å². The van der Waals surface area contributed by atoms with Gasteiger partial charge in [-0.05, 0) is 23.6 Å². The van der Waals surface area contributed by atoms with Gasteiger partial charge in [0.25, 0.3) is 0 Å². The molecule has 0 aromatic heterocycles. The van der Waals surface area contributed by atoms with Crippen LogP contribution in [0.5, 0.6) is 0 Å². The summed E-state index contributed by atoms with van der Waals surface area (Å²) in [6.45, 7) is 13.5. The van der Waals surface area contributed by atoms with Gasteiger partial charge in [0.2, 0.25) is 0 Å². The van der Waals surface area contributed by atoms with Gasteiger partial charge in [-0.2, -0.15) is 0 Å². The van der Waals surface area contributed by atoms with Gasteiger partial charge in [0.1, 0.15) is 0 Å². The zero-order chi connectivity index (χ0) is 15.8. The van der Waals surface area contributed by atoms with Crippen LogP contribution in [0.25, 0.3) is 0 Å². The minimum atomic E-state index is -0.0683. The average Bonchev–Trinajstić information content (AvgIpc) is 3.09. The topological polar surface area (TPSA) is 94.8 Å². The fourth-order valence-corrected chi connectivity index (χ4v) is 1.25. The number of allylic oxidation sites excluding steroid dienone is 5. The Kier molecular flexibility index (Phi) is 20.4. The standard InChI is InChI=1S/C12H11NO.3CO.Tc/c14-12(10-6-4-5-7-10)13-11-8-2-1-3-9-11;3*1-2;/h1-9,13-14H;;;;/p-1. The molecule has 0 unspecified atom stereocenters. The molecule has 1 aromatic carbocycles. The molecular weight excluding hydrogens is 356 g/mol. The summed E-state index contributed by atoms with van der Waals surface area (Å²) in [5, 5.41) is 14.4. The summed E-state index contributed by atoms with van der Waals surface area (Å²) in [6, 6.07) is 9.42. The molecule has 0 saturated carbocycles. The van der Waals surface area contributed by atoms with E-state index in [0.29, 0.717) is 5.57 Å². The van der Waals surface area contributed by atoms with E-state index in [0.717, 1.165) is 5.69 Å². The van der Waals surface area contributed by atoms with E-state index >= 15 is 0 Å². The van der Waals surface area contributed by atoms with E-state index in [-0.39, 0.29) is 26.0 Å². The molecule has 0 heterocycles. The van der Waals surface area contributed by atoms with Gasteiger partial charge in [-0.25, -0.2) is 0 Å². The maximum Gasteiger partial charge on any atom is 0.0375 e. The van der Waals surface area contributed by atoms with E-state index in [9.17, 15) is 5.11 Å². The third kappa shape index (κ3) is 10.4. The third-order valence-electron chi connectivity index (χ3n) is 1.96. The van der Waals surface area contributed by atoms with Gasteiger partial charge in [0.05, 0.1) is 0 Å². The van der Waals surface area contributed by atoms with E-state index in [2.05, 4.69) is 25.3 Å². The maximum atomic E-state index is 11.6. The van der Waals surface area contributed by atoms with Gasteiger partial charge in [0.15, 0.2) is 0 Å². The monoisotopic (exact) mass is 365 g/mol. The number of anilines is 1. The number of hydrogen-bond acceptors (Lipinski definition) is 2. The number of benzene rings is 1. The molecule has 0 spiro atoms. The molecule has 6 heteroatoms. The summed E-state index contributed by atoms with van der Waals surface area (Å²) in [4.78, 5) is 0. The van der Waals surface area contributed by atoms with Crippen molar-refractivity contribution in [2.75, 3.05) is 5.32 Å². The van der Waals surface area contributed by atoms with Crippen molar-refractivity contribution in [2.45, 2.75) is 0 Å². The molecule has 0 saturated heterocycles. The first-order valence-corrected chi connectivity index (χ1v) is 5.05. The normalized spacial score (nSPS) is 9.14. The second kappa shape index (κ2) is 17.9. The molecule has 1 aliphatic carbocycles. The van der Waals surface area contributed by atoms with Crippen LogP contribution in [0.3, 0.4) is 0 Å². The first-order chi connectivity index (χ1) is 9.86. The smallest absolute Gasteiger partial charge is 0.0375 e. The SMILES string of the molecule is [C-]#[O+].[C-]#[O+].[C-]#[O+].[O-]C(Nc1ccccc1)=C1C=CC=C1.[Tc]. The van der Waals surface area contributed by atoms with Gasteiger partial charge in [-0.1, -0.05) is 42.5 Å². The average molecular weight is 366 g/mol. The molecule has 21 heavy (non-hydrogen) atoms. The van der Waals surface area contributed by atoms with Crippen molar-refractivity contribution in [3.63, 3.8) is 0 Å². The van der Waals surface area contributed by atoms with Crippen molar-refractivity contribution in [2.24, 2.45) is 0 Å². The summed E-state index contributed by atoms with van der Waals surface area (Å²) in [5.74, 6) is -0.0683. The van der Waals surface area contributed by atoms with Gasteiger partial charge >= 0.3 is 33.9 Å². The van der Waals surface area contributed by atoms with Crippen molar-refractivity contribution in [1.82, 2.24) is 0 Å². The van der Waals surface area contributed by atoms with Crippen LogP contribution in [0.2, 0.25) is 0 Å². The van der Waals surface area contributed by atoms with Gasteiger partial charge < -0.3 is 10.4 Å². The molecule has 5 nitrogen and oxygen atoms in total. The Morgan fingerprint density at radius 2 is 1.29 bits per heavy atom. The van der Waals surface area contributed by atoms with E-state index < -0.39 is 0 Å². The Morgan fingerprint density at radius 1 is 0.857 bits per heavy atom. The van der Waals surface area contributed by atoms with Crippen LogP contribution in [0.1, 0.15) is 0 Å². The van der Waals surface area contributed by atoms with Crippen LogP contribution >= 0.6 is 0 Å². The molecule has 0 atom stereocenters. The van der Waals surface area contributed by atoms with E-state index in [1.165, 1.54) is 0 Å². The second-order valence-corrected chi connectivity index (χ2v) is 2.99. The molecule has 1 aromatic rings. The Bertz CT molecular complexity index is 499. The molecule has 1 radical (unpaired) electrons. The zero-order valence-electron chi connectivity index (χ0n) is 10.7. The summed E-state index contributed by atoms with van der Waals surface area (Å²) in [7, 11) is 0. The Morgan fingerprint density at radius 3 is 1.71 bits per heavy atom. The van der Waals surface area contributed by atoms with Crippen molar-refractivity contribution < 1.29 is 39.2 Å². The summed E-state index contributed by atoms with van der Waals surface area (Å²) in [5.41, 5.74) is 1.51. The quantitative estimate of drug-likeness (QED) is 0.490. The molecule has 0 amide bonds. The predicted molar refractivity (Wildman–Crippen MR) is 67.2 cm³/mol. The molecule has 2 rings (SSSR count). The largest absolute Gasteiger partial charge is 0.860 e. The van der Waals surface area contributed by atoms with E-state index in [4.69, 9.17) is 14.0 Å². The molecular formula is C15H10NO4Tc-. The minimum Gasteiger partial charge on any atom is -0.860 e. The molecule has 1 N–H and O–H groups in total. The number of rotatable bonds is 2. The van der Waals surface area contributed by atoms with Crippen molar-refractivity contribution >= 4 is 5.69 Å². The van der Waals surface area contributed by atoms with Gasteiger partial charge in [0, 0.05) is 25.8 Å². The molecule has 1 aliphatic rings. The van der Waals surface area contributed by atoms with Crippen LogP contribution in [0.4, 0.5) is 5.69 Å².